The van der Waals surface area contributed by atoms with Crippen molar-refractivity contribution in [2.75, 3.05) is 23.5 Å². The minimum Gasteiger partial charge on any atom is -0.491 e. The zero-order valence-corrected chi connectivity index (χ0v) is 30.7. The van der Waals surface area contributed by atoms with Gasteiger partial charge in [-0.25, -0.2) is 4.90 Å². The van der Waals surface area contributed by atoms with Gasteiger partial charge in [-0.2, -0.15) is 31.4 Å². The number of hydrogen-bond acceptors (Lipinski definition) is 7. The molecule has 2 aliphatic carbocycles. The zero-order chi connectivity index (χ0) is 41.3. The van der Waals surface area contributed by atoms with Crippen LogP contribution in [0.1, 0.15) is 46.6 Å². The van der Waals surface area contributed by atoms with E-state index in [1.54, 1.807) is 84.9 Å². The molecule has 1 saturated carbocycles. The van der Waals surface area contributed by atoms with Crippen LogP contribution in [0.15, 0.2) is 109 Å². The molecule has 6 atom stereocenters. The lowest BCUT2D eigenvalue weighted by Gasteiger charge is -2.50. The molecule has 0 spiro atoms. The molecule has 8 rings (SSSR count). The highest BCUT2D eigenvalue weighted by atomic mass is 19.4. The van der Waals surface area contributed by atoms with Crippen LogP contribution >= 0.6 is 0 Å². The summed E-state index contributed by atoms with van der Waals surface area (Å²) in [6, 6.07) is 23.0. The van der Waals surface area contributed by atoms with Crippen molar-refractivity contribution in [3.05, 3.63) is 137 Å². The average molecular weight is 804 g/mol. The van der Waals surface area contributed by atoms with Crippen LogP contribution in [0.5, 0.6) is 5.75 Å². The van der Waals surface area contributed by atoms with Gasteiger partial charge in [-0.1, -0.05) is 71.8 Å². The van der Waals surface area contributed by atoms with Crippen LogP contribution in [-0.4, -0.2) is 47.0 Å². The molecule has 4 aromatic rings. The third-order valence-corrected chi connectivity index (χ3v) is 11.8. The number of benzene rings is 4. The van der Waals surface area contributed by atoms with Gasteiger partial charge in [-0.15, -0.1) is 0 Å². The molecule has 9 nitrogen and oxygen atoms in total. The number of imide groups is 2. The number of amides is 4. The second-order valence-electron chi connectivity index (χ2n) is 15.0. The Hall–Kier alpha value is -5.96. The number of nitrogens with zero attached hydrogens (tertiary/aromatic N) is 2. The molecule has 58 heavy (non-hydrogen) atoms. The van der Waals surface area contributed by atoms with Gasteiger partial charge in [0.1, 0.15) is 12.4 Å². The van der Waals surface area contributed by atoms with E-state index in [-0.39, 0.29) is 32.1 Å². The summed E-state index contributed by atoms with van der Waals surface area (Å²) >= 11 is 0. The number of hydrazine groups is 1. The van der Waals surface area contributed by atoms with Gasteiger partial charge in [0.15, 0.2) is 0 Å². The summed E-state index contributed by atoms with van der Waals surface area (Å²) < 4.78 is 89.2. The number of aryl methyl sites for hydroxylation is 1. The lowest BCUT2D eigenvalue weighted by atomic mass is 9.49. The molecule has 3 fully saturated rings. The van der Waals surface area contributed by atoms with E-state index in [0.717, 1.165) is 10.6 Å². The van der Waals surface area contributed by atoms with Gasteiger partial charge < -0.3 is 9.84 Å². The fourth-order valence-corrected chi connectivity index (χ4v) is 9.36. The van der Waals surface area contributed by atoms with Gasteiger partial charge in [0.2, 0.25) is 11.8 Å². The summed E-state index contributed by atoms with van der Waals surface area (Å²) in [5.74, 6) is -8.24. The molecule has 2 heterocycles. The van der Waals surface area contributed by atoms with Crippen molar-refractivity contribution in [2.24, 2.45) is 23.7 Å². The predicted octanol–water partition coefficient (Wildman–Crippen LogP) is 7.59. The SMILES string of the molecule is Cc1ccc(NN2C(=O)[C@@H]3C[C@@H]4C(=CC[C@@H]5C(=O)N(c6cc(C(F)(F)F)cc(C(F)(F)F)c6)C(=O)[C@@H]54)[C@H](c4ccc(OCCO)cc4)[C@]3(c3ccccc3)C2=O)cc1. The quantitative estimate of drug-likeness (QED) is 0.107. The van der Waals surface area contributed by atoms with E-state index in [1.807, 2.05) is 6.92 Å². The summed E-state index contributed by atoms with van der Waals surface area (Å²) in [5.41, 5.74) is 0.0927. The van der Waals surface area contributed by atoms with E-state index in [2.05, 4.69) is 5.43 Å². The Balaban J connectivity index is 1.28. The normalized spacial score (nSPS) is 25.7. The fourth-order valence-electron chi connectivity index (χ4n) is 9.36. The monoisotopic (exact) mass is 803 g/mol. The number of carbonyl (C=O) groups excluding carboxylic acids is 4. The third kappa shape index (κ3) is 6.22. The first-order valence-electron chi connectivity index (χ1n) is 18.5. The number of ether oxygens (including phenoxy) is 1. The number of hydrogen-bond donors (Lipinski definition) is 2. The van der Waals surface area contributed by atoms with E-state index in [1.165, 1.54) is 0 Å². The van der Waals surface area contributed by atoms with Gasteiger partial charge in [-0.05, 0) is 79.3 Å². The molecule has 0 aromatic heterocycles. The van der Waals surface area contributed by atoms with Crippen LogP contribution in [-0.2, 0) is 36.9 Å². The number of anilines is 2. The molecule has 300 valence electrons. The molecular formula is C43H35F6N3O6. The first-order chi connectivity index (χ1) is 27.5. The number of allylic oxidation sites excluding steroid dienone is 2. The minimum atomic E-state index is -5.23. The maximum absolute atomic E-state index is 15.3. The van der Waals surface area contributed by atoms with Gasteiger partial charge in [0.25, 0.3) is 11.8 Å². The highest BCUT2D eigenvalue weighted by Crippen LogP contribution is 2.64. The Labute approximate surface area is 327 Å². The number of fused-ring (bicyclic) bond motifs is 4. The van der Waals surface area contributed by atoms with Crippen LogP contribution < -0.4 is 15.1 Å². The first-order valence-corrected chi connectivity index (χ1v) is 18.5. The summed E-state index contributed by atoms with van der Waals surface area (Å²) in [5, 5.41) is 10.3. The molecule has 0 bridgehead atoms. The van der Waals surface area contributed by atoms with E-state index >= 15 is 4.79 Å². The Morgan fingerprint density at radius 1 is 0.793 bits per heavy atom. The number of nitrogens with one attached hydrogen (secondary N) is 1. The molecule has 4 aromatic carbocycles. The molecule has 4 aliphatic rings. The van der Waals surface area contributed by atoms with E-state index < -0.39 is 87.8 Å². The van der Waals surface area contributed by atoms with Crippen molar-refractivity contribution in [1.29, 1.82) is 0 Å². The molecule has 0 unspecified atom stereocenters. The van der Waals surface area contributed by atoms with Crippen molar-refractivity contribution >= 4 is 35.0 Å². The highest BCUT2D eigenvalue weighted by molar-refractivity contribution is 6.22. The highest BCUT2D eigenvalue weighted by Gasteiger charge is 2.70. The summed E-state index contributed by atoms with van der Waals surface area (Å²) in [6.45, 7) is 1.63. The molecule has 4 amide bonds. The summed E-state index contributed by atoms with van der Waals surface area (Å²) in [7, 11) is 0. The van der Waals surface area contributed by atoms with Crippen LogP contribution in [0.25, 0.3) is 0 Å². The van der Waals surface area contributed by atoms with Crippen LogP contribution in [0.4, 0.5) is 37.7 Å². The van der Waals surface area contributed by atoms with Gasteiger partial charge in [0, 0.05) is 5.92 Å². The summed E-state index contributed by atoms with van der Waals surface area (Å²) in [6.07, 6.45) is -8.99. The second-order valence-corrected chi connectivity index (χ2v) is 15.0. The number of rotatable bonds is 8. The van der Waals surface area contributed by atoms with Gasteiger partial charge in [-0.3, -0.25) is 24.6 Å². The largest absolute Gasteiger partial charge is 0.491 e. The number of carbonyl (C=O) groups is 4. The number of alkyl halides is 6. The molecule has 2 aliphatic heterocycles. The molecule has 2 N–H and O–H groups in total. The predicted molar refractivity (Wildman–Crippen MR) is 197 cm³/mol. The minimum absolute atomic E-state index is 0.00467. The van der Waals surface area contributed by atoms with Gasteiger partial charge >= 0.3 is 12.4 Å². The van der Waals surface area contributed by atoms with Crippen LogP contribution in [0.2, 0.25) is 0 Å². The maximum Gasteiger partial charge on any atom is 0.416 e. The molecule has 0 radical (unpaired) electrons. The second kappa shape index (κ2) is 14.1. The Kier molecular flexibility index (Phi) is 9.49. The summed E-state index contributed by atoms with van der Waals surface area (Å²) in [4.78, 5) is 59.1. The molecule has 2 saturated heterocycles. The van der Waals surface area contributed by atoms with Crippen molar-refractivity contribution < 1.29 is 55.4 Å². The van der Waals surface area contributed by atoms with Crippen LogP contribution in [0, 0.1) is 30.6 Å². The van der Waals surface area contributed by atoms with E-state index in [4.69, 9.17) is 4.74 Å². The fraction of sp³-hybridized carbons (Fsp3) is 0.302. The Bertz CT molecular complexity index is 2300. The number of aliphatic hydroxyl groups is 1. The van der Waals surface area contributed by atoms with Crippen molar-refractivity contribution in [3.63, 3.8) is 0 Å². The zero-order valence-electron chi connectivity index (χ0n) is 30.7. The topological polar surface area (TPSA) is 116 Å². The van der Waals surface area contributed by atoms with Gasteiger partial charge in [0.05, 0.1) is 52.3 Å². The van der Waals surface area contributed by atoms with Crippen molar-refractivity contribution in [3.8, 4) is 5.75 Å². The van der Waals surface area contributed by atoms with Crippen LogP contribution in [0.3, 0.4) is 0 Å². The average Bonchev–Trinajstić information content (AvgIpc) is 3.58. The first kappa shape index (κ1) is 38.9. The Morgan fingerprint density at radius 2 is 1.43 bits per heavy atom. The number of halogens is 6. The van der Waals surface area contributed by atoms with Crippen molar-refractivity contribution in [2.45, 2.75) is 43.5 Å². The lowest BCUT2D eigenvalue weighted by molar-refractivity contribution is -0.143. The maximum atomic E-state index is 15.3. The third-order valence-electron chi connectivity index (χ3n) is 11.8. The molecular weight excluding hydrogens is 768 g/mol. The Morgan fingerprint density at radius 3 is 2.03 bits per heavy atom. The van der Waals surface area contributed by atoms with Crippen molar-refractivity contribution in [1.82, 2.24) is 5.01 Å². The number of aliphatic hydroxyl groups excluding tert-OH is 1. The smallest absolute Gasteiger partial charge is 0.416 e. The van der Waals surface area contributed by atoms with E-state index in [9.17, 15) is 45.8 Å². The van der Waals surface area contributed by atoms with E-state index in [0.29, 0.717) is 45.2 Å². The molecule has 15 heteroatoms. The lowest BCUT2D eigenvalue weighted by Crippen LogP contribution is -2.53. The standard InChI is InChI=1S/C43H35F6N3O6/c1-23-7-11-28(12-8-23)50-52-38(55)34-22-33-31(36(24-9-13-30(14-10-24)58-18-17-53)41(34,40(52)57)25-5-3-2-4-6-25)15-16-32-35(33)39(56)51(37(32)54)29-20-26(42(44,45)46)19-27(21-29)43(47,48)49/h2-15,19-21,32-36,50,53H,16-18,22H2,1H3/t32-,33+,34-,35-,36-,41+/m0/s1.